The number of anilines is 1. The van der Waals surface area contributed by atoms with Gasteiger partial charge in [0.25, 0.3) is 10.0 Å². The number of hydrogen-bond donors (Lipinski definition) is 1. The number of benzene rings is 2. The first kappa shape index (κ1) is 22.2. The summed E-state index contributed by atoms with van der Waals surface area (Å²) in [6.07, 6.45) is -1.95. The average Bonchev–Trinajstić information content (AvgIpc) is 3.35. The highest BCUT2D eigenvalue weighted by molar-refractivity contribution is 7.89. The first-order valence-corrected chi connectivity index (χ1v) is 11.2. The molecule has 0 radical (unpaired) electrons. The second-order valence-electron chi connectivity index (χ2n) is 7.54. The number of halogens is 3. The summed E-state index contributed by atoms with van der Waals surface area (Å²) in [6.45, 7) is 0.335. The summed E-state index contributed by atoms with van der Waals surface area (Å²) in [4.78, 5) is 3.97. The molecule has 11 heteroatoms. The zero-order valence-corrected chi connectivity index (χ0v) is 17.8. The Balaban J connectivity index is 1.61. The number of nitrogens with zero attached hydrogens (tertiary/aromatic N) is 3. The van der Waals surface area contributed by atoms with Gasteiger partial charge >= 0.3 is 6.36 Å². The van der Waals surface area contributed by atoms with Crippen LogP contribution >= 0.6 is 0 Å². The van der Waals surface area contributed by atoms with Crippen LogP contribution in [0.15, 0.2) is 72.1 Å². The summed E-state index contributed by atoms with van der Waals surface area (Å²) in [5, 5.41) is 3.15. The minimum Gasteiger partial charge on any atom is -0.406 e. The lowest BCUT2D eigenvalue weighted by atomic mass is 9.94. The van der Waals surface area contributed by atoms with E-state index >= 15 is 0 Å². The monoisotopic (exact) mass is 466 g/mol. The van der Waals surface area contributed by atoms with Crippen molar-refractivity contribution in [2.24, 2.45) is 7.05 Å². The SMILES string of the molecule is Cn1cnc(S(=O)(=O)N2CC(Nc3cccc(OC(F)(F)F)c3)C(c3ccccc3)C2)c1. The zero-order valence-electron chi connectivity index (χ0n) is 17.0. The summed E-state index contributed by atoms with van der Waals surface area (Å²) in [5.41, 5.74) is 1.32. The normalized spacial score (nSPS) is 19.8. The fourth-order valence-electron chi connectivity index (χ4n) is 3.80. The van der Waals surface area contributed by atoms with Crippen molar-refractivity contribution in [3.63, 3.8) is 0 Å². The Morgan fingerprint density at radius 2 is 1.84 bits per heavy atom. The highest BCUT2D eigenvalue weighted by atomic mass is 32.2. The van der Waals surface area contributed by atoms with E-state index in [1.807, 2.05) is 30.3 Å². The molecule has 2 unspecified atom stereocenters. The summed E-state index contributed by atoms with van der Waals surface area (Å²) in [6, 6.07) is 14.5. The van der Waals surface area contributed by atoms with Gasteiger partial charge in [0.1, 0.15) is 5.75 Å². The number of nitrogens with one attached hydrogen (secondary N) is 1. The van der Waals surface area contributed by atoms with Gasteiger partial charge in [-0.2, -0.15) is 4.31 Å². The minimum atomic E-state index is -4.80. The van der Waals surface area contributed by atoms with Gasteiger partial charge < -0.3 is 14.6 Å². The minimum absolute atomic E-state index is 0.0481. The molecule has 0 amide bonds. The Kier molecular flexibility index (Phi) is 5.87. The number of sulfonamides is 1. The molecule has 1 aromatic heterocycles. The van der Waals surface area contributed by atoms with Crippen molar-refractivity contribution in [2.75, 3.05) is 18.4 Å². The first-order chi connectivity index (χ1) is 15.1. The van der Waals surface area contributed by atoms with Crippen LogP contribution in [-0.4, -0.2) is 47.8 Å². The maximum atomic E-state index is 13.1. The first-order valence-electron chi connectivity index (χ1n) is 9.77. The molecule has 1 aliphatic rings. The van der Waals surface area contributed by atoms with E-state index in [1.165, 1.54) is 35.0 Å². The second-order valence-corrected chi connectivity index (χ2v) is 9.43. The third-order valence-electron chi connectivity index (χ3n) is 5.22. The topological polar surface area (TPSA) is 76.5 Å². The third-order valence-corrected chi connectivity index (χ3v) is 6.94. The van der Waals surface area contributed by atoms with Gasteiger partial charge in [-0.15, -0.1) is 13.2 Å². The van der Waals surface area contributed by atoms with Crippen molar-refractivity contribution in [2.45, 2.75) is 23.3 Å². The molecule has 0 spiro atoms. The van der Waals surface area contributed by atoms with Crippen LogP contribution in [0.3, 0.4) is 0 Å². The maximum Gasteiger partial charge on any atom is 0.573 e. The van der Waals surface area contributed by atoms with Crippen LogP contribution in [0.1, 0.15) is 11.5 Å². The van der Waals surface area contributed by atoms with Gasteiger partial charge in [0, 0.05) is 50.0 Å². The van der Waals surface area contributed by atoms with Crippen molar-refractivity contribution in [3.05, 3.63) is 72.7 Å². The average molecular weight is 466 g/mol. The largest absolute Gasteiger partial charge is 0.573 e. The molecule has 0 aliphatic carbocycles. The molecule has 4 rings (SSSR count). The molecule has 2 atom stereocenters. The Bertz CT molecular complexity index is 1180. The van der Waals surface area contributed by atoms with Crippen LogP contribution in [0.2, 0.25) is 0 Å². The van der Waals surface area contributed by atoms with Gasteiger partial charge in [-0.3, -0.25) is 0 Å². The fourth-order valence-corrected chi connectivity index (χ4v) is 5.26. The molecular weight excluding hydrogens is 445 g/mol. The zero-order chi connectivity index (χ0) is 22.9. The van der Waals surface area contributed by atoms with Crippen LogP contribution in [-0.2, 0) is 17.1 Å². The third kappa shape index (κ3) is 4.89. The van der Waals surface area contributed by atoms with Crippen LogP contribution < -0.4 is 10.1 Å². The number of alkyl halides is 3. The van der Waals surface area contributed by atoms with E-state index in [4.69, 9.17) is 0 Å². The molecule has 32 heavy (non-hydrogen) atoms. The molecule has 1 aliphatic heterocycles. The van der Waals surface area contributed by atoms with Gasteiger partial charge in [-0.05, 0) is 17.7 Å². The van der Waals surface area contributed by atoms with Crippen LogP contribution in [0, 0.1) is 0 Å². The van der Waals surface area contributed by atoms with Gasteiger partial charge in [-0.1, -0.05) is 36.4 Å². The Morgan fingerprint density at radius 3 is 2.50 bits per heavy atom. The standard InChI is InChI=1S/C21H21F3N4O3S/c1-27-13-20(25-14-27)32(29,30)28-11-18(15-6-3-2-4-7-15)19(12-28)26-16-8-5-9-17(10-16)31-21(22,23)24/h2-10,13-14,18-19,26H,11-12H2,1H3. The van der Waals surface area contributed by atoms with Crippen LogP contribution in [0.5, 0.6) is 5.75 Å². The van der Waals surface area contributed by atoms with Gasteiger partial charge in [0.15, 0.2) is 5.03 Å². The van der Waals surface area contributed by atoms with Crippen LogP contribution in [0.25, 0.3) is 0 Å². The van der Waals surface area contributed by atoms with Crippen molar-refractivity contribution < 1.29 is 26.3 Å². The van der Waals surface area contributed by atoms with Crippen molar-refractivity contribution in [1.29, 1.82) is 0 Å². The van der Waals surface area contributed by atoms with E-state index in [0.29, 0.717) is 5.69 Å². The predicted octanol–water partition coefficient (Wildman–Crippen LogP) is 3.59. The Labute approximate surface area is 183 Å². The molecular formula is C21H21F3N4O3S. The molecule has 3 aromatic rings. The summed E-state index contributed by atoms with van der Waals surface area (Å²) in [7, 11) is -2.14. The maximum absolute atomic E-state index is 13.1. The van der Waals surface area contributed by atoms with E-state index in [-0.39, 0.29) is 35.8 Å². The van der Waals surface area contributed by atoms with E-state index in [1.54, 1.807) is 17.7 Å². The van der Waals surface area contributed by atoms with Gasteiger partial charge in [0.2, 0.25) is 0 Å². The molecule has 0 bridgehead atoms. The molecule has 170 valence electrons. The number of aromatic nitrogens is 2. The highest BCUT2D eigenvalue weighted by Gasteiger charge is 2.41. The molecule has 1 N–H and O–H groups in total. The summed E-state index contributed by atoms with van der Waals surface area (Å²) >= 11 is 0. The number of rotatable bonds is 6. The lowest BCUT2D eigenvalue weighted by molar-refractivity contribution is -0.274. The van der Waals surface area contributed by atoms with E-state index in [0.717, 1.165) is 5.56 Å². The smallest absolute Gasteiger partial charge is 0.406 e. The molecule has 1 fully saturated rings. The number of imidazole rings is 1. The van der Waals surface area contributed by atoms with E-state index in [9.17, 15) is 21.6 Å². The van der Waals surface area contributed by atoms with E-state index in [2.05, 4.69) is 15.0 Å². The molecule has 0 saturated carbocycles. The van der Waals surface area contributed by atoms with Crippen molar-refractivity contribution in [1.82, 2.24) is 13.9 Å². The van der Waals surface area contributed by atoms with Gasteiger partial charge in [-0.25, -0.2) is 13.4 Å². The molecule has 2 aromatic carbocycles. The van der Waals surface area contributed by atoms with Crippen molar-refractivity contribution in [3.8, 4) is 5.75 Å². The van der Waals surface area contributed by atoms with Crippen LogP contribution in [0.4, 0.5) is 18.9 Å². The molecule has 2 heterocycles. The molecule has 1 saturated heterocycles. The lowest BCUT2D eigenvalue weighted by Gasteiger charge is -2.21. The summed E-state index contributed by atoms with van der Waals surface area (Å²) in [5.74, 6) is -0.573. The van der Waals surface area contributed by atoms with Gasteiger partial charge in [0.05, 0.1) is 6.33 Å². The number of aryl methyl sites for hydroxylation is 1. The second kappa shape index (κ2) is 8.47. The number of ether oxygens (including phenoxy) is 1. The van der Waals surface area contributed by atoms with Crippen molar-refractivity contribution >= 4 is 15.7 Å². The Hall–Kier alpha value is -3.05. The number of hydrogen-bond acceptors (Lipinski definition) is 5. The van der Waals surface area contributed by atoms with E-state index < -0.39 is 16.4 Å². The molecule has 7 nitrogen and oxygen atoms in total. The predicted molar refractivity (Wildman–Crippen MR) is 112 cm³/mol. The lowest BCUT2D eigenvalue weighted by Crippen LogP contribution is -2.32. The quantitative estimate of drug-likeness (QED) is 0.601. The Morgan fingerprint density at radius 1 is 1.09 bits per heavy atom. The fraction of sp³-hybridized carbons (Fsp3) is 0.286. The summed E-state index contributed by atoms with van der Waals surface area (Å²) < 4.78 is 70.9. The highest BCUT2D eigenvalue weighted by Crippen LogP contribution is 2.34.